The smallest absolute Gasteiger partial charge is 0.319 e. The highest BCUT2D eigenvalue weighted by Crippen LogP contribution is 2.36. The number of hydrogen-bond acceptors (Lipinski definition) is 5. The molecule has 3 rings (SSSR count). The summed E-state index contributed by atoms with van der Waals surface area (Å²) in [7, 11) is 4.74. The first-order chi connectivity index (χ1) is 12.6. The van der Waals surface area contributed by atoms with Crippen LogP contribution in [0.5, 0.6) is 11.5 Å². The number of amides is 3. The first kappa shape index (κ1) is 18.1. The van der Waals surface area contributed by atoms with Gasteiger partial charge in [-0.25, -0.2) is 4.79 Å². The molecule has 0 spiro atoms. The van der Waals surface area contributed by atoms with Crippen molar-refractivity contribution in [1.82, 2.24) is 15.5 Å². The minimum atomic E-state index is -0.529. The molecule has 8 heteroatoms. The van der Waals surface area contributed by atoms with Crippen LogP contribution in [-0.4, -0.2) is 57.9 Å². The Hall–Kier alpha value is -2.74. The number of carbonyl (C=O) groups excluding carboxylic acids is 2. The van der Waals surface area contributed by atoms with Crippen molar-refractivity contribution in [3.8, 4) is 11.5 Å². The average Bonchev–Trinajstić information content (AvgIpc) is 2.96. The number of benzene rings is 1. The van der Waals surface area contributed by atoms with Crippen molar-refractivity contribution >= 4 is 11.9 Å². The summed E-state index contributed by atoms with van der Waals surface area (Å²) in [5.41, 5.74) is 1.97. The summed E-state index contributed by atoms with van der Waals surface area (Å²) in [6, 6.07) is 4.51. The fourth-order valence-electron chi connectivity index (χ4n) is 3.29. The van der Waals surface area contributed by atoms with Gasteiger partial charge >= 0.3 is 6.03 Å². The molecule has 2 aliphatic heterocycles. The standard InChI is InChI=1S/C18H23N3O5/c1-24-8-4-7-21-10-12-15(17(21)22)16(20-18(23)19-12)11-5-6-13(25-2)14(9-11)26-3/h5-6,9,16H,4,7-8,10H2,1-3H3,(H2,19,20,23). The van der Waals surface area contributed by atoms with Gasteiger partial charge in [-0.05, 0) is 24.1 Å². The molecule has 2 N–H and O–H groups in total. The predicted molar refractivity (Wildman–Crippen MR) is 94.1 cm³/mol. The summed E-state index contributed by atoms with van der Waals surface area (Å²) in [5.74, 6) is 1.05. The lowest BCUT2D eigenvalue weighted by molar-refractivity contribution is -0.125. The topological polar surface area (TPSA) is 89.1 Å². The molecular weight excluding hydrogens is 338 g/mol. The molecule has 0 aliphatic carbocycles. The van der Waals surface area contributed by atoms with E-state index in [0.29, 0.717) is 42.5 Å². The second-order valence-corrected chi connectivity index (χ2v) is 6.11. The zero-order valence-corrected chi connectivity index (χ0v) is 15.1. The second-order valence-electron chi connectivity index (χ2n) is 6.11. The molecule has 0 radical (unpaired) electrons. The second kappa shape index (κ2) is 7.65. The maximum absolute atomic E-state index is 12.9. The maximum atomic E-state index is 12.9. The highest BCUT2D eigenvalue weighted by atomic mass is 16.5. The van der Waals surface area contributed by atoms with Crippen LogP contribution in [0.2, 0.25) is 0 Å². The Bertz CT molecular complexity index is 746. The first-order valence-electron chi connectivity index (χ1n) is 8.39. The summed E-state index contributed by atoms with van der Waals surface area (Å²) >= 11 is 0. The van der Waals surface area contributed by atoms with E-state index < -0.39 is 6.04 Å². The van der Waals surface area contributed by atoms with Gasteiger partial charge in [0.2, 0.25) is 0 Å². The summed E-state index contributed by atoms with van der Waals surface area (Å²) < 4.78 is 15.6. The van der Waals surface area contributed by atoms with Crippen LogP contribution >= 0.6 is 0 Å². The van der Waals surface area contributed by atoms with Crippen molar-refractivity contribution < 1.29 is 23.8 Å². The maximum Gasteiger partial charge on any atom is 0.319 e. The molecule has 1 aromatic carbocycles. The quantitative estimate of drug-likeness (QED) is 0.712. The predicted octanol–water partition coefficient (Wildman–Crippen LogP) is 1.19. The molecule has 140 valence electrons. The van der Waals surface area contributed by atoms with Crippen LogP contribution in [0.1, 0.15) is 18.0 Å². The van der Waals surface area contributed by atoms with Gasteiger partial charge in [0.25, 0.3) is 5.91 Å². The molecule has 1 unspecified atom stereocenters. The molecule has 2 aliphatic rings. The van der Waals surface area contributed by atoms with Crippen LogP contribution in [0, 0.1) is 0 Å². The number of urea groups is 1. The Morgan fingerprint density at radius 3 is 2.62 bits per heavy atom. The molecule has 0 fully saturated rings. The minimum Gasteiger partial charge on any atom is -0.493 e. The van der Waals surface area contributed by atoms with E-state index in [2.05, 4.69) is 10.6 Å². The third-order valence-electron chi connectivity index (χ3n) is 4.54. The monoisotopic (exact) mass is 361 g/mol. The number of carbonyl (C=O) groups is 2. The SMILES string of the molecule is COCCCN1CC2=C(C1=O)C(c1ccc(OC)c(OC)c1)NC(=O)N2. The van der Waals surface area contributed by atoms with Gasteiger partial charge in [0.05, 0.1) is 38.1 Å². The van der Waals surface area contributed by atoms with E-state index in [-0.39, 0.29) is 11.9 Å². The Balaban J connectivity index is 1.89. The van der Waals surface area contributed by atoms with E-state index >= 15 is 0 Å². The lowest BCUT2D eigenvalue weighted by atomic mass is 9.96. The van der Waals surface area contributed by atoms with Crippen molar-refractivity contribution in [2.75, 3.05) is 41.0 Å². The van der Waals surface area contributed by atoms with Gasteiger partial charge in [0.1, 0.15) is 0 Å². The molecule has 0 bridgehead atoms. The number of nitrogens with zero attached hydrogens (tertiary/aromatic N) is 1. The molecule has 0 saturated heterocycles. The van der Waals surface area contributed by atoms with Gasteiger partial charge in [0.15, 0.2) is 11.5 Å². The van der Waals surface area contributed by atoms with Crippen LogP contribution in [0.4, 0.5) is 4.79 Å². The van der Waals surface area contributed by atoms with E-state index in [0.717, 1.165) is 12.0 Å². The number of nitrogens with one attached hydrogen (secondary N) is 2. The van der Waals surface area contributed by atoms with E-state index in [9.17, 15) is 9.59 Å². The summed E-state index contributed by atoms with van der Waals surface area (Å²) in [4.78, 5) is 26.7. The Morgan fingerprint density at radius 2 is 1.92 bits per heavy atom. The normalized spacial score (nSPS) is 19.2. The van der Waals surface area contributed by atoms with Crippen molar-refractivity contribution in [3.05, 3.63) is 35.0 Å². The number of ether oxygens (including phenoxy) is 3. The van der Waals surface area contributed by atoms with Crippen LogP contribution in [-0.2, 0) is 9.53 Å². The molecule has 3 amide bonds. The van der Waals surface area contributed by atoms with E-state index in [1.165, 1.54) is 0 Å². The van der Waals surface area contributed by atoms with Gasteiger partial charge < -0.3 is 29.7 Å². The number of methoxy groups -OCH3 is 3. The lowest BCUT2D eigenvalue weighted by Gasteiger charge is -2.26. The third-order valence-corrected chi connectivity index (χ3v) is 4.54. The molecule has 8 nitrogen and oxygen atoms in total. The first-order valence-corrected chi connectivity index (χ1v) is 8.39. The zero-order chi connectivity index (χ0) is 18.7. The molecular formula is C18H23N3O5. The van der Waals surface area contributed by atoms with Gasteiger partial charge in [-0.2, -0.15) is 0 Å². The van der Waals surface area contributed by atoms with E-state index in [4.69, 9.17) is 14.2 Å². The van der Waals surface area contributed by atoms with Crippen molar-refractivity contribution in [3.63, 3.8) is 0 Å². The molecule has 1 atom stereocenters. The largest absolute Gasteiger partial charge is 0.493 e. The summed E-state index contributed by atoms with van der Waals surface area (Å²) in [5, 5.41) is 5.59. The van der Waals surface area contributed by atoms with Crippen LogP contribution < -0.4 is 20.1 Å². The zero-order valence-electron chi connectivity index (χ0n) is 15.1. The van der Waals surface area contributed by atoms with E-state index in [1.54, 1.807) is 38.4 Å². The highest BCUT2D eigenvalue weighted by Gasteiger charge is 2.40. The van der Waals surface area contributed by atoms with Gasteiger partial charge in [0, 0.05) is 20.3 Å². The summed E-state index contributed by atoms with van der Waals surface area (Å²) in [6.07, 6.45) is 0.741. The van der Waals surface area contributed by atoms with Crippen LogP contribution in [0.15, 0.2) is 29.5 Å². The van der Waals surface area contributed by atoms with Gasteiger partial charge in [-0.15, -0.1) is 0 Å². The number of hydrogen-bond donors (Lipinski definition) is 2. The fourth-order valence-corrected chi connectivity index (χ4v) is 3.29. The van der Waals surface area contributed by atoms with Crippen LogP contribution in [0.3, 0.4) is 0 Å². The van der Waals surface area contributed by atoms with Crippen molar-refractivity contribution in [2.24, 2.45) is 0 Å². The highest BCUT2D eigenvalue weighted by molar-refractivity contribution is 6.01. The molecule has 1 aromatic rings. The van der Waals surface area contributed by atoms with Gasteiger partial charge in [-0.1, -0.05) is 6.07 Å². The Morgan fingerprint density at radius 1 is 1.15 bits per heavy atom. The van der Waals surface area contributed by atoms with E-state index in [1.807, 2.05) is 6.07 Å². The lowest BCUT2D eigenvalue weighted by Crippen LogP contribution is -2.44. The molecule has 0 saturated carbocycles. The Labute approximate surface area is 152 Å². The Kier molecular flexibility index (Phi) is 5.32. The van der Waals surface area contributed by atoms with Crippen LogP contribution in [0.25, 0.3) is 0 Å². The molecule has 2 heterocycles. The minimum absolute atomic E-state index is 0.0802. The molecule has 26 heavy (non-hydrogen) atoms. The van der Waals surface area contributed by atoms with Gasteiger partial charge in [-0.3, -0.25) is 4.79 Å². The third kappa shape index (κ3) is 3.32. The number of rotatable bonds is 7. The summed E-state index contributed by atoms with van der Waals surface area (Å²) in [6.45, 7) is 1.56. The van der Waals surface area contributed by atoms with Crippen molar-refractivity contribution in [2.45, 2.75) is 12.5 Å². The molecule has 0 aromatic heterocycles. The average molecular weight is 361 g/mol. The van der Waals surface area contributed by atoms with Crippen molar-refractivity contribution in [1.29, 1.82) is 0 Å². The fraction of sp³-hybridized carbons (Fsp3) is 0.444.